The molecule has 1 saturated carbocycles. The van der Waals surface area contributed by atoms with Gasteiger partial charge in [0.05, 0.1) is 10.7 Å². The average molecular weight is 296 g/mol. The van der Waals surface area contributed by atoms with Crippen LogP contribution < -0.4 is 5.32 Å². The Balaban J connectivity index is 1.78. The van der Waals surface area contributed by atoms with Crippen molar-refractivity contribution in [2.45, 2.75) is 57.4 Å². The molecule has 0 saturated heterocycles. The monoisotopic (exact) mass is 296 g/mol. The summed E-state index contributed by atoms with van der Waals surface area (Å²) in [7, 11) is 0. The van der Waals surface area contributed by atoms with Crippen molar-refractivity contribution in [3.8, 4) is 0 Å². The van der Waals surface area contributed by atoms with E-state index >= 15 is 0 Å². The Hall–Kier alpha value is -1.43. The van der Waals surface area contributed by atoms with Crippen molar-refractivity contribution in [2.24, 2.45) is 0 Å². The lowest BCUT2D eigenvalue weighted by Crippen LogP contribution is -2.52. The zero-order valence-corrected chi connectivity index (χ0v) is 12.5. The van der Waals surface area contributed by atoms with Crippen molar-refractivity contribution in [2.75, 3.05) is 0 Å². The summed E-state index contributed by atoms with van der Waals surface area (Å²) in [6.45, 7) is 1.96. The first-order valence-corrected chi connectivity index (χ1v) is 7.85. The Labute approximate surface area is 122 Å². The molecule has 0 radical (unpaired) electrons. The fourth-order valence-corrected chi connectivity index (χ4v) is 3.30. The van der Waals surface area contributed by atoms with Gasteiger partial charge in [0.2, 0.25) is 5.91 Å². The molecule has 1 aromatic heterocycles. The van der Waals surface area contributed by atoms with E-state index in [4.69, 9.17) is 0 Å². The van der Waals surface area contributed by atoms with Crippen molar-refractivity contribution >= 4 is 23.2 Å². The molecular formula is C14H20N2O3S. The van der Waals surface area contributed by atoms with E-state index in [0.29, 0.717) is 25.7 Å². The molecule has 6 heteroatoms. The van der Waals surface area contributed by atoms with Gasteiger partial charge in [-0.2, -0.15) is 0 Å². The Morgan fingerprint density at radius 3 is 2.70 bits per heavy atom. The molecule has 110 valence electrons. The fraction of sp³-hybridized carbons (Fsp3) is 0.643. The van der Waals surface area contributed by atoms with Gasteiger partial charge in [-0.25, -0.2) is 9.78 Å². The highest BCUT2D eigenvalue weighted by molar-refractivity contribution is 7.09. The number of carboxylic acid groups (broad SMARTS) is 1. The van der Waals surface area contributed by atoms with Gasteiger partial charge in [-0.15, -0.1) is 11.3 Å². The highest BCUT2D eigenvalue weighted by Crippen LogP contribution is 2.30. The van der Waals surface area contributed by atoms with Crippen LogP contribution in [0.15, 0.2) is 5.38 Å². The van der Waals surface area contributed by atoms with E-state index in [1.54, 1.807) is 11.3 Å². The number of nitrogens with one attached hydrogen (secondary N) is 1. The van der Waals surface area contributed by atoms with Gasteiger partial charge in [0.15, 0.2) is 0 Å². The largest absolute Gasteiger partial charge is 0.480 e. The van der Waals surface area contributed by atoms with Gasteiger partial charge in [-0.05, 0) is 32.6 Å². The number of aryl methyl sites for hydroxylation is 2. The minimum absolute atomic E-state index is 0.166. The van der Waals surface area contributed by atoms with Crippen LogP contribution in [-0.4, -0.2) is 27.5 Å². The number of hydrogen-bond acceptors (Lipinski definition) is 4. The number of thiazole rings is 1. The number of carboxylic acids is 1. The molecule has 1 fully saturated rings. The van der Waals surface area contributed by atoms with E-state index in [1.807, 2.05) is 12.3 Å². The second-order valence-corrected chi connectivity index (χ2v) is 6.42. The molecule has 0 aliphatic heterocycles. The second-order valence-electron chi connectivity index (χ2n) is 5.35. The summed E-state index contributed by atoms with van der Waals surface area (Å²) in [6.07, 6.45) is 4.63. The van der Waals surface area contributed by atoms with Crippen LogP contribution in [0.25, 0.3) is 0 Å². The van der Waals surface area contributed by atoms with Crippen molar-refractivity contribution in [3.63, 3.8) is 0 Å². The molecule has 1 heterocycles. The maximum absolute atomic E-state index is 11.9. The molecule has 1 aromatic rings. The van der Waals surface area contributed by atoms with Crippen LogP contribution in [0.5, 0.6) is 0 Å². The highest BCUT2D eigenvalue weighted by Gasteiger charge is 2.42. The third-order valence-corrected chi connectivity index (χ3v) is 4.57. The van der Waals surface area contributed by atoms with Gasteiger partial charge in [0.25, 0.3) is 0 Å². The van der Waals surface area contributed by atoms with Crippen LogP contribution >= 0.6 is 11.3 Å². The SMILES string of the molecule is Cc1nc(CCCC(=O)NC2(C(=O)O)CCCC2)cs1. The molecule has 2 rings (SSSR count). The van der Waals surface area contributed by atoms with Gasteiger partial charge >= 0.3 is 5.97 Å². The summed E-state index contributed by atoms with van der Waals surface area (Å²) in [4.78, 5) is 27.6. The summed E-state index contributed by atoms with van der Waals surface area (Å²) in [5.41, 5.74) is -0.0111. The number of hydrogen-bond donors (Lipinski definition) is 2. The second kappa shape index (κ2) is 6.35. The van der Waals surface area contributed by atoms with Gasteiger partial charge in [-0.3, -0.25) is 4.79 Å². The van der Waals surface area contributed by atoms with Gasteiger partial charge in [-0.1, -0.05) is 12.8 Å². The Morgan fingerprint density at radius 1 is 1.45 bits per heavy atom. The average Bonchev–Trinajstić information content (AvgIpc) is 2.99. The summed E-state index contributed by atoms with van der Waals surface area (Å²) < 4.78 is 0. The van der Waals surface area contributed by atoms with Crippen LogP contribution in [-0.2, 0) is 16.0 Å². The number of carbonyl (C=O) groups is 2. The van der Waals surface area contributed by atoms with Crippen molar-refractivity contribution in [3.05, 3.63) is 16.1 Å². The predicted molar refractivity (Wildman–Crippen MR) is 76.8 cm³/mol. The summed E-state index contributed by atoms with van der Waals surface area (Å²) >= 11 is 1.60. The number of rotatable bonds is 6. The zero-order chi connectivity index (χ0) is 14.6. The van der Waals surface area contributed by atoms with Crippen LogP contribution in [0.3, 0.4) is 0 Å². The summed E-state index contributed by atoms with van der Waals surface area (Å²) in [5, 5.41) is 15.1. The van der Waals surface area contributed by atoms with Gasteiger partial charge in [0.1, 0.15) is 5.54 Å². The quantitative estimate of drug-likeness (QED) is 0.844. The zero-order valence-electron chi connectivity index (χ0n) is 11.6. The van der Waals surface area contributed by atoms with Crippen LogP contribution in [0.2, 0.25) is 0 Å². The van der Waals surface area contributed by atoms with Gasteiger partial charge in [0, 0.05) is 11.8 Å². The Kier molecular flexibility index (Phi) is 4.75. The standard InChI is InChI=1S/C14H20N2O3S/c1-10-15-11(9-20-10)5-4-6-12(17)16-14(13(18)19)7-2-3-8-14/h9H,2-8H2,1H3,(H,16,17)(H,18,19). The number of nitrogens with zero attached hydrogens (tertiary/aromatic N) is 1. The Morgan fingerprint density at radius 2 is 2.15 bits per heavy atom. The van der Waals surface area contributed by atoms with Crippen molar-refractivity contribution in [1.29, 1.82) is 0 Å². The van der Waals surface area contributed by atoms with Crippen LogP contribution in [0.1, 0.15) is 49.2 Å². The number of aliphatic carboxylic acids is 1. The van der Waals surface area contributed by atoms with Crippen LogP contribution in [0.4, 0.5) is 0 Å². The van der Waals surface area contributed by atoms with E-state index in [-0.39, 0.29) is 5.91 Å². The maximum Gasteiger partial charge on any atom is 0.329 e. The van der Waals surface area contributed by atoms with Gasteiger partial charge < -0.3 is 10.4 Å². The van der Waals surface area contributed by atoms with E-state index < -0.39 is 11.5 Å². The number of carbonyl (C=O) groups excluding carboxylic acids is 1. The van der Waals surface area contributed by atoms with E-state index in [2.05, 4.69) is 10.3 Å². The molecule has 0 unspecified atom stereocenters. The lowest BCUT2D eigenvalue weighted by molar-refractivity contribution is -0.147. The molecule has 1 aliphatic carbocycles. The Bertz CT molecular complexity index is 492. The minimum atomic E-state index is -1.02. The molecule has 0 atom stereocenters. The molecule has 0 bridgehead atoms. The molecule has 5 nitrogen and oxygen atoms in total. The predicted octanol–water partition coefficient (Wildman–Crippen LogP) is 2.29. The third kappa shape index (κ3) is 3.56. The molecule has 2 N–H and O–H groups in total. The van der Waals surface area contributed by atoms with E-state index in [9.17, 15) is 14.7 Å². The smallest absolute Gasteiger partial charge is 0.329 e. The van der Waals surface area contributed by atoms with E-state index in [0.717, 1.165) is 30.0 Å². The molecule has 20 heavy (non-hydrogen) atoms. The summed E-state index contributed by atoms with van der Waals surface area (Å²) in [6, 6.07) is 0. The molecule has 0 spiro atoms. The topological polar surface area (TPSA) is 79.3 Å². The third-order valence-electron chi connectivity index (χ3n) is 3.75. The number of aromatic nitrogens is 1. The first-order valence-electron chi connectivity index (χ1n) is 6.97. The van der Waals surface area contributed by atoms with E-state index in [1.165, 1.54) is 0 Å². The fourth-order valence-electron chi connectivity index (χ4n) is 2.65. The molecule has 0 aromatic carbocycles. The van der Waals surface area contributed by atoms with Crippen molar-refractivity contribution in [1.82, 2.24) is 10.3 Å². The van der Waals surface area contributed by atoms with Crippen LogP contribution in [0, 0.1) is 6.92 Å². The normalized spacial score (nSPS) is 17.1. The lowest BCUT2D eigenvalue weighted by atomic mass is 9.97. The maximum atomic E-state index is 11.9. The minimum Gasteiger partial charge on any atom is -0.480 e. The molecule has 1 aliphatic rings. The molecular weight excluding hydrogens is 276 g/mol. The molecule has 1 amide bonds. The first kappa shape index (κ1) is 15.0. The lowest BCUT2D eigenvalue weighted by Gasteiger charge is -2.25. The summed E-state index contributed by atoms with van der Waals surface area (Å²) in [5.74, 6) is -1.07. The highest BCUT2D eigenvalue weighted by atomic mass is 32.1. The van der Waals surface area contributed by atoms with Crippen molar-refractivity contribution < 1.29 is 14.7 Å². The first-order chi connectivity index (χ1) is 9.52. The number of amides is 1.